The lowest BCUT2D eigenvalue weighted by Gasteiger charge is -1.99. The molecule has 0 spiro atoms. The van der Waals surface area contributed by atoms with Crippen molar-refractivity contribution in [1.29, 1.82) is 0 Å². The minimum absolute atomic E-state index is 0.531. The lowest BCUT2D eigenvalue weighted by atomic mass is 10.3. The number of hydrogen-bond donors (Lipinski definition) is 1. The maximum Gasteiger partial charge on any atom is 0.188 e. The monoisotopic (exact) mass is 210 g/mol. The first-order valence-electron chi connectivity index (χ1n) is 3.78. The molecule has 0 atom stereocenters. The lowest BCUT2D eigenvalue weighted by molar-refractivity contribution is 1.39. The van der Waals surface area contributed by atoms with Gasteiger partial charge in [-0.3, -0.25) is 0 Å². The standard InChI is InChI=1S/C9H7ClN2S/c10-8-6-13-9(12-8)11-7-4-2-1-3-5-7/h1-6H,(H,11,12). The Hall–Kier alpha value is -1.06. The van der Waals surface area contributed by atoms with Crippen molar-refractivity contribution < 1.29 is 0 Å². The van der Waals surface area contributed by atoms with Crippen LogP contribution in [0.5, 0.6) is 0 Å². The number of nitrogens with zero attached hydrogens (tertiary/aromatic N) is 1. The third-order valence-corrected chi connectivity index (χ3v) is 2.58. The Bertz CT molecular complexity index is 386. The highest BCUT2D eigenvalue weighted by molar-refractivity contribution is 7.14. The van der Waals surface area contributed by atoms with Gasteiger partial charge in [-0.15, -0.1) is 11.3 Å². The van der Waals surface area contributed by atoms with E-state index < -0.39 is 0 Å². The summed E-state index contributed by atoms with van der Waals surface area (Å²) >= 11 is 7.18. The van der Waals surface area contributed by atoms with Crippen molar-refractivity contribution >= 4 is 33.8 Å². The maximum atomic E-state index is 5.69. The Balaban J connectivity index is 2.15. The molecule has 1 aromatic carbocycles. The largest absolute Gasteiger partial charge is 0.332 e. The molecule has 66 valence electrons. The number of hydrogen-bond acceptors (Lipinski definition) is 3. The highest BCUT2D eigenvalue weighted by Gasteiger charge is 1.98. The van der Waals surface area contributed by atoms with Crippen molar-refractivity contribution in [3.8, 4) is 0 Å². The number of anilines is 2. The number of halogens is 1. The zero-order chi connectivity index (χ0) is 9.10. The fourth-order valence-electron chi connectivity index (χ4n) is 0.957. The Morgan fingerprint density at radius 2 is 2.00 bits per heavy atom. The highest BCUT2D eigenvalue weighted by Crippen LogP contribution is 2.22. The topological polar surface area (TPSA) is 24.9 Å². The van der Waals surface area contributed by atoms with Gasteiger partial charge in [-0.1, -0.05) is 29.8 Å². The number of thiazole rings is 1. The van der Waals surface area contributed by atoms with Crippen LogP contribution in [0.15, 0.2) is 35.7 Å². The lowest BCUT2D eigenvalue weighted by Crippen LogP contribution is -1.87. The van der Waals surface area contributed by atoms with Gasteiger partial charge in [-0.05, 0) is 12.1 Å². The van der Waals surface area contributed by atoms with Gasteiger partial charge in [0.15, 0.2) is 5.13 Å². The van der Waals surface area contributed by atoms with Gasteiger partial charge >= 0.3 is 0 Å². The number of rotatable bonds is 2. The van der Waals surface area contributed by atoms with Crippen molar-refractivity contribution in [2.24, 2.45) is 0 Å². The molecule has 2 nitrogen and oxygen atoms in total. The van der Waals surface area contributed by atoms with Crippen LogP contribution in [0.25, 0.3) is 0 Å². The minimum Gasteiger partial charge on any atom is -0.332 e. The van der Waals surface area contributed by atoms with Gasteiger partial charge in [0.25, 0.3) is 0 Å². The maximum absolute atomic E-state index is 5.69. The van der Waals surface area contributed by atoms with Crippen molar-refractivity contribution in [3.05, 3.63) is 40.9 Å². The van der Waals surface area contributed by atoms with E-state index in [0.717, 1.165) is 10.8 Å². The molecule has 2 rings (SSSR count). The molecule has 0 unspecified atom stereocenters. The van der Waals surface area contributed by atoms with E-state index in [1.165, 1.54) is 11.3 Å². The Kier molecular flexibility index (Phi) is 2.47. The summed E-state index contributed by atoms with van der Waals surface area (Å²) in [5.41, 5.74) is 1.02. The van der Waals surface area contributed by atoms with Crippen LogP contribution in [0.2, 0.25) is 5.15 Å². The van der Waals surface area contributed by atoms with E-state index >= 15 is 0 Å². The summed E-state index contributed by atoms with van der Waals surface area (Å²) in [6.45, 7) is 0. The fourth-order valence-corrected chi connectivity index (χ4v) is 1.81. The third kappa shape index (κ3) is 2.20. The van der Waals surface area contributed by atoms with Crippen molar-refractivity contribution in [2.75, 3.05) is 5.32 Å². The predicted molar refractivity (Wildman–Crippen MR) is 56.8 cm³/mol. The van der Waals surface area contributed by atoms with Gasteiger partial charge in [0.05, 0.1) is 0 Å². The minimum atomic E-state index is 0.531. The van der Waals surface area contributed by atoms with E-state index in [9.17, 15) is 0 Å². The first kappa shape index (κ1) is 8.53. The highest BCUT2D eigenvalue weighted by atomic mass is 35.5. The molecule has 0 radical (unpaired) electrons. The van der Waals surface area contributed by atoms with Crippen LogP contribution in [0.1, 0.15) is 0 Å². The van der Waals surface area contributed by atoms with Gasteiger partial charge in [-0.25, -0.2) is 4.98 Å². The SMILES string of the molecule is Clc1csc(Nc2ccccc2)n1. The molecule has 0 aliphatic rings. The normalized spacial score (nSPS) is 9.92. The summed E-state index contributed by atoms with van der Waals surface area (Å²) in [4.78, 5) is 4.08. The van der Waals surface area contributed by atoms with E-state index in [1.54, 1.807) is 5.38 Å². The van der Waals surface area contributed by atoms with Crippen molar-refractivity contribution in [2.45, 2.75) is 0 Å². The van der Waals surface area contributed by atoms with Crippen LogP contribution in [-0.2, 0) is 0 Å². The molecule has 1 aromatic heterocycles. The zero-order valence-corrected chi connectivity index (χ0v) is 8.27. The van der Waals surface area contributed by atoms with Crippen LogP contribution >= 0.6 is 22.9 Å². The molecule has 2 aromatic rings. The Labute approximate surface area is 85.2 Å². The van der Waals surface area contributed by atoms with E-state index in [2.05, 4.69) is 10.3 Å². The first-order valence-corrected chi connectivity index (χ1v) is 5.03. The predicted octanol–water partition coefficient (Wildman–Crippen LogP) is 3.54. The van der Waals surface area contributed by atoms with Crippen molar-refractivity contribution in [1.82, 2.24) is 4.98 Å². The Morgan fingerprint density at radius 3 is 2.62 bits per heavy atom. The van der Waals surface area contributed by atoms with Crippen molar-refractivity contribution in [3.63, 3.8) is 0 Å². The van der Waals surface area contributed by atoms with Gasteiger partial charge in [0, 0.05) is 11.1 Å². The Morgan fingerprint density at radius 1 is 1.23 bits per heavy atom. The molecular formula is C9H7ClN2S. The first-order chi connectivity index (χ1) is 6.34. The smallest absolute Gasteiger partial charge is 0.188 e. The summed E-state index contributed by atoms with van der Waals surface area (Å²) in [7, 11) is 0. The molecule has 0 amide bonds. The molecule has 0 saturated heterocycles. The second-order valence-corrected chi connectivity index (χ2v) is 3.71. The molecule has 1 heterocycles. The molecule has 4 heteroatoms. The van der Waals surface area contributed by atoms with Crippen LogP contribution in [0.4, 0.5) is 10.8 Å². The molecule has 0 aliphatic heterocycles. The number of nitrogens with one attached hydrogen (secondary N) is 1. The van der Waals surface area contributed by atoms with E-state index in [4.69, 9.17) is 11.6 Å². The van der Waals surface area contributed by atoms with Gasteiger partial charge in [0.2, 0.25) is 0 Å². The average molecular weight is 211 g/mol. The summed E-state index contributed by atoms with van der Waals surface area (Å²) in [5, 5.41) is 6.29. The van der Waals surface area contributed by atoms with Crippen LogP contribution < -0.4 is 5.32 Å². The van der Waals surface area contributed by atoms with Crippen LogP contribution in [0.3, 0.4) is 0 Å². The molecule has 13 heavy (non-hydrogen) atoms. The molecule has 0 fully saturated rings. The number of para-hydroxylation sites is 1. The summed E-state index contributed by atoms with van der Waals surface area (Å²) < 4.78 is 0. The molecule has 0 bridgehead atoms. The molecular weight excluding hydrogens is 204 g/mol. The average Bonchev–Trinajstić information content (AvgIpc) is 2.53. The zero-order valence-electron chi connectivity index (χ0n) is 6.70. The van der Waals surface area contributed by atoms with E-state index in [-0.39, 0.29) is 0 Å². The van der Waals surface area contributed by atoms with Gasteiger partial charge in [0.1, 0.15) is 5.15 Å². The summed E-state index contributed by atoms with van der Waals surface area (Å²) in [6.07, 6.45) is 0. The number of benzene rings is 1. The molecule has 0 saturated carbocycles. The summed E-state index contributed by atoms with van der Waals surface area (Å²) in [6, 6.07) is 9.87. The van der Waals surface area contributed by atoms with Crippen LogP contribution in [-0.4, -0.2) is 4.98 Å². The van der Waals surface area contributed by atoms with Crippen LogP contribution in [0, 0.1) is 0 Å². The third-order valence-electron chi connectivity index (χ3n) is 1.50. The van der Waals surface area contributed by atoms with E-state index in [0.29, 0.717) is 5.15 Å². The molecule has 1 N–H and O–H groups in total. The second-order valence-electron chi connectivity index (χ2n) is 2.47. The van der Waals surface area contributed by atoms with Gasteiger partial charge in [-0.2, -0.15) is 0 Å². The quantitative estimate of drug-likeness (QED) is 0.820. The van der Waals surface area contributed by atoms with Gasteiger partial charge < -0.3 is 5.32 Å². The molecule has 0 aliphatic carbocycles. The second kappa shape index (κ2) is 3.77. The summed E-state index contributed by atoms with van der Waals surface area (Å²) in [5.74, 6) is 0. The van der Waals surface area contributed by atoms with E-state index in [1.807, 2.05) is 30.3 Å². The fraction of sp³-hybridized carbons (Fsp3) is 0. The number of aromatic nitrogens is 1.